The van der Waals surface area contributed by atoms with Gasteiger partial charge in [-0.05, 0) is 19.1 Å². The molecule has 0 unspecified atom stereocenters. The SMILES string of the molecule is CCOc1ccccc1NC(=O)CCNC(C)=O. The van der Waals surface area contributed by atoms with E-state index in [1.54, 1.807) is 12.1 Å². The molecule has 0 saturated carbocycles. The molecule has 0 aliphatic carbocycles. The van der Waals surface area contributed by atoms with Gasteiger partial charge < -0.3 is 15.4 Å². The van der Waals surface area contributed by atoms with Crippen LogP contribution >= 0.6 is 0 Å². The Balaban J connectivity index is 2.50. The number of amides is 2. The monoisotopic (exact) mass is 250 g/mol. The van der Waals surface area contributed by atoms with Crippen LogP contribution in [-0.2, 0) is 9.59 Å². The average molecular weight is 250 g/mol. The van der Waals surface area contributed by atoms with Gasteiger partial charge in [0.1, 0.15) is 5.75 Å². The van der Waals surface area contributed by atoms with E-state index >= 15 is 0 Å². The first kappa shape index (κ1) is 14.0. The maximum absolute atomic E-state index is 11.6. The summed E-state index contributed by atoms with van der Waals surface area (Å²) in [4.78, 5) is 22.3. The minimum Gasteiger partial charge on any atom is -0.492 e. The summed E-state index contributed by atoms with van der Waals surface area (Å²) < 4.78 is 5.40. The molecule has 0 heterocycles. The Hall–Kier alpha value is -2.04. The number of hydrogen-bond donors (Lipinski definition) is 2. The molecule has 0 spiro atoms. The molecule has 0 aromatic heterocycles. The summed E-state index contributed by atoms with van der Waals surface area (Å²) >= 11 is 0. The largest absolute Gasteiger partial charge is 0.492 e. The minimum absolute atomic E-state index is 0.141. The van der Waals surface area contributed by atoms with Crippen LogP contribution in [0, 0.1) is 0 Å². The Kier molecular flexibility index (Phi) is 5.70. The summed E-state index contributed by atoms with van der Waals surface area (Å²) in [6.45, 7) is 4.18. The molecule has 1 aromatic rings. The third kappa shape index (κ3) is 4.86. The number of benzene rings is 1. The van der Waals surface area contributed by atoms with Crippen molar-refractivity contribution in [3.63, 3.8) is 0 Å². The Bertz CT molecular complexity index is 418. The maximum atomic E-state index is 11.6. The molecule has 5 heteroatoms. The number of anilines is 1. The number of rotatable bonds is 6. The summed E-state index contributed by atoms with van der Waals surface area (Å²) in [5.74, 6) is 0.348. The van der Waals surface area contributed by atoms with Gasteiger partial charge in [-0.15, -0.1) is 0 Å². The van der Waals surface area contributed by atoms with Crippen molar-refractivity contribution < 1.29 is 14.3 Å². The molecule has 1 aromatic carbocycles. The van der Waals surface area contributed by atoms with Crippen LogP contribution in [0.1, 0.15) is 20.3 Å². The predicted octanol–water partition coefficient (Wildman–Crippen LogP) is 1.55. The van der Waals surface area contributed by atoms with Crippen LogP contribution in [0.25, 0.3) is 0 Å². The highest BCUT2D eigenvalue weighted by molar-refractivity contribution is 5.92. The van der Waals surface area contributed by atoms with Crippen LogP contribution in [-0.4, -0.2) is 25.0 Å². The normalized spacial score (nSPS) is 9.67. The number of carbonyl (C=O) groups is 2. The highest BCUT2D eigenvalue weighted by atomic mass is 16.5. The lowest BCUT2D eigenvalue weighted by Crippen LogP contribution is -2.25. The lowest BCUT2D eigenvalue weighted by molar-refractivity contribution is -0.119. The van der Waals surface area contributed by atoms with Crippen LogP contribution in [0.2, 0.25) is 0 Å². The van der Waals surface area contributed by atoms with Gasteiger partial charge in [-0.25, -0.2) is 0 Å². The molecule has 0 aliphatic heterocycles. The predicted molar refractivity (Wildman–Crippen MR) is 69.5 cm³/mol. The zero-order chi connectivity index (χ0) is 13.4. The second-order valence-electron chi connectivity index (χ2n) is 3.71. The molecular weight excluding hydrogens is 232 g/mol. The van der Waals surface area contributed by atoms with E-state index in [4.69, 9.17) is 4.74 Å². The van der Waals surface area contributed by atoms with Crippen molar-refractivity contribution in [1.29, 1.82) is 0 Å². The molecule has 5 nitrogen and oxygen atoms in total. The fourth-order valence-corrected chi connectivity index (χ4v) is 1.42. The van der Waals surface area contributed by atoms with Crippen molar-refractivity contribution in [2.45, 2.75) is 20.3 Å². The fourth-order valence-electron chi connectivity index (χ4n) is 1.42. The second kappa shape index (κ2) is 7.32. The zero-order valence-corrected chi connectivity index (χ0v) is 10.7. The smallest absolute Gasteiger partial charge is 0.226 e. The van der Waals surface area contributed by atoms with Gasteiger partial charge in [0.25, 0.3) is 0 Å². The first-order chi connectivity index (χ1) is 8.63. The van der Waals surface area contributed by atoms with Crippen molar-refractivity contribution >= 4 is 17.5 Å². The van der Waals surface area contributed by atoms with Gasteiger partial charge in [-0.3, -0.25) is 9.59 Å². The van der Waals surface area contributed by atoms with Crippen molar-refractivity contribution in [2.24, 2.45) is 0 Å². The third-order valence-corrected chi connectivity index (χ3v) is 2.19. The van der Waals surface area contributed by atoms with Gasteiger partial charge in [0.2, 0.25) is 11.8 Å². The molecule has 2 N–H and O–H groups in total. The van der Waals surface area contributed by atoms with Crippen molar-refractivity contribution in [3.8, 4) is 5.75 Å². The first-order valence-corrected chi connectivity index (χ1v) is 5.89. The summed E-state index contributed by atoms with van der Waals surface area (Å²) in [6.07, 6.45) is 0.236. The molecule has 1 rings (SSSR count). The van der Waals surface area contributed by atoms with E-state index in [1.807, 2.05) is 19.1 Å². The van der Waals surface area contributed by atoms with Crippen molar-refractivity contribution in [1.82, 2.24) is 5.32 Å². The minimum atomic E-state index is -0.157. The lowest BCUT2D eigenvalue weighted by atomic mass is 10.2. The number of carbonyl (C=O) groups excluding carboxylic acids is 2. The molecule has 0 atom stereocenters. The molecule has 18 heavy (non-hydrogen) atoms. The highest BCUT2D eigenvalue weighted by Crippen LogP contribution is 2.23. The molecule has 0 radical (unpaired) electrons. The molecule has 98 valence electrons. The highest BCUT2D eigenvalue weighted by Gasteiger charge is 2.07. The van der Waals surface area contributed by atoms with Gasteiger partial charge in [0.05, 0.1) is 12.3 Å². The number of hydrogen-bond acceptors (Lipinski definition) is 3. The molecule has 2 amide bonds. The van der Waals surface area contributed by atoms with Crippen molar-refractivity contribution in [3.05, 3.63) is 24.3 Å². The number of ether oxygens (including phenoxy) is 1. The summed E-state index contributed by atoms with van der Waals surface area (Å²) in [5.41, 5.74) is 0.646. The fraction of sp³-hybridized carbons (Fsp3) is 0.385. The Morgan fingerprint density at radius 2 is 2.00 bits per heavy atom. The molecule has 0 fully saturated rings. The first-order valence-electron chi connectivity index (χ1n) is 5.89. The Morgan fingerprint density at radius 1 is 1.28 bits per heavy atom. The maximum Gasteiger partial charge on any atom is 0.226 e. The van der Waals surface area contributed by atoms with E-state index in [9.17, 15) is 9.59 Å². The lowest BCUT2D eigenvalue weighted by Gasteiger charge is -2.11. The van der Waals surface area contributed by atoms with Gasteiger partial charge in [0.15, 0.2) is 0 Å². The van der Waals surface area contributed by atoms with E-state index < -0.39 is 0 Å². The third-order valence-electron chi connectivity index (χ3n) is 2.19. The molecule has 0 saturated heterocycles. The van der Waals surface area contributed by atoms with Crippen LogP contribution < -0.4 is 15.4 Å². The van der Waals surface area contributed by atoms with Gasteiger partial charge >= 0.3 is 0 Å². The van der Waals surface area contributed by atoms with Crippen LogP contribution in [0.4, 0.5) is 5.69 Å². The molecule has 0 aliphatic rings. The van der Waals surface area contributed by atoms with E-state index in [-0.39, 0.29) is 18.2 Å². The molecular formula is C13H18N2O3. The summed E-state index contributed by atoms with van der Waals surface area (Å²) in [6, 6.07) is 7.25. The van der Waals surface area contributed by atoms with Crippen molar-refractivity contribution in [2.75, 3.05) is 18.5 Å². The summed E-state index contributed by atoms with van der Waals surface area (Å²) in [7, 11) is 0. The molecule has 0 bridgehead atoms. The van der Waals surface area contributed by atoms with Crippen LogP contribution in [0.5, 0.6) is 5.75 Å². The van der Waals surface area contributed by atoms with E-state index in [0.717, 1.165) is 0 Å². The van der Waals surface area contributed by atoms with Crippen LogP contribution in [0.3, 0.4) is 0 Å². The number of nitrogens with one attached hydrogen (secondary N) is 2. The average Bonchev–Trinajstić information content (AvgIpc) is 2.31. The Labute approximate surface area is 107 Å². The van der Waals surface area contributed by atoms with Gasteiger partial charge in [0, 0.05) is 19.9 Å². The van der Waals surface area contributed by atoms with Crippen LogP contribution in [0.15, 0.2) is 24.3 Å². The van der Waals surface area contributed by atoms with E-state index in [2.05, 4.69) is 10.6 Å². The second-order valence-corrected chi connectivity index (χ2v) is 3.71. The standard InChI is InChI=1S/C13H18N2O3/c1-3-18-12-7-5-4-6-11(12)15-13(17)8-9-14-10(2)16/h4-7H,3,8-9H2,1-2H3,(H,14,16)(H,15,17). The quantitative estimate of drug-likeness (QED) is 0.805. The number of para-hydroxylation sites is 2. The zero-order valence-electron chi connectivity index (χ0n) is 10.7. The topological polar surface area (TPSA) is 67.4 Å². The van der Waals surface area contributed by atoms with Gasteiger partial charge in [-0.2, -0.15) is 0 Å². The Morgan fingerprint density at radius 3 is 2.67 bits per heavy atom. The summed E-state index contributed by atoms with van der Waals surface area (Å²) in [5, 5.41) is 5.32. The van der Waals surface area contributed by atoms with E-state index in [1.165, 1.54) is 6.92 Å². The van der Waals surface area contributed by atoms with E-state index in [0.29, 0.717) is 24.6 Å². The van der Waals surface area contributed by atoms with Gasteiger partial charge in [-0.1, -0.05) is 12.1 Å².